The molecule has 1 atom stereocenters. The van der Waals surface area contributed by atoms with E-state index in [2.05, 4.69) is 29.7 Å². The minimum atomic E-state index is 0.576. The second-order valence-electron chi connectivity index (χ2n) is 4.86. The Kier molecular flexibility index (Phi) is 2.50. The molecule has 1 unspecified atom stereocenters. The minimum Gasteiger partial charge on any atom is -0.344 e. The van der Waals surface area contributed by atoms with Gasteiger partial charge in [-0.3, -0.25) is 4.79 Å². The summed E-state index contributed by atoms with van der Waals surface area (Å²) in [5, 5.41) is 1.12. The van der Waals surface area contributed by atoms with Crippen molar-refractivity contribution in [3.05, 3.63) is 35.5 Å². The maximum atomic E-state index is 11.4. The molecule has 0 spiro atoms. The van der Waals surface area contributed by atoms with Crippen molar-refractivity contribution >= 4 is 17.2 Å². The van der Waals surface area contributed by atoms with Gasteiger partial charge in [-0.2, -0.15) is 0 Å². The van der Waals surface area contributed by atoms with E-state index in [1.54, 1.807) is 0 Å². The summed E-state index contributed by atoms with van der Waals surface area (Å²) in [6, 6.07) is 8.25. The van der Waals surface area contributed by atoms with Crippen LogP contribution in [0, 0.1) is 0 Å². The number of carbonyl (C=O) groups excluding carboxylic acids is 1. The van der Waals surface area contributed by atoms with Gasteiger partial charge in [0.2, 0.25) is 0 Å². The van der Waals surface area contributed by atoms with Crippen LogP contribution in [-0.4, -0.2) is 10.9 Å². The largest absolute Gasteiger partial charge is 0.344 e. The minimum absolute atomic E-state index is 0.576. The van der Waals surface area contributed by atoms with E-state index in [1.165, 1.54) is 30.5 Å². The summed E-state index contributed by atoms with van der Waals surface area (Å²) >= 11 is 0. The summed E-state index contributed by atoms with van der Waals surface area (Å²) in [6.45, 7) is 3.28. The van der Waals surface area contributed by atoms with Gasteiger partial charge in [-0.05, 0) is 18.9 Å². The number of hydrogen-bond donors (Lipinski definition) is 0. The number of aromatic nitrogens is 1. The first-order chi connectivity index (χ1) is 8.36. The number of rotatable bonds is 3. The van der Waals surface area contributed by atoms with Crippen LogP contribution in [0.25, 0.3) is 10.9 Å². The van der Waals surface area contributed by atoms with Gasteiger partial charge < -0.3 is 4.57 Å². The van der Waals surface area contributed by atoms with Gasteiger partial charge in [-0.15, -0.1) is 0 Å². The molecule has 3 rings (SSSR count). The predicted octanol–water partition coefficient (Wildman–Crippen LogP) is 3.74. The highest BCUT2D eigenvalue weighted by Crippen LogP contribution is 2.39. The lowest BCUT2D eigenvalue weighted by atomic mass is 9.95. The SMILES string of the molecule is CCCC1CCn2c1c(C=O)c1ccccc12. The molecule has 2 aromatic rings. The third kappa shape index (κ3) is 1.43. The lowest BCUT2D eigenvalue weighted by Crippen LogP contribution is -1.97. The molecule has 0 fully saturated rings. The Hall–Kier alpha value is -1.57. The Balaban J connectivity index is 2.26. The molecule has 2 nitrogen and oxygen atoms in total. The molecule has 0 bridgehead atoms. The highest BCUT2D eigenvalue weighted by molar-refractivity contribution is 5.99. The molecule has 1 aliphatic heterocycles. The Labute approximate surface area is 101 Å². The van der Waals surface area contributed by atoms with Gasteiger partial charge in [-0.25, -0.2) is 0 Å². The van der Waals surface area contributed by atoms with Crippen molar-refractivity contribution in [2.75, 3.05) is 0 Å². The quantitative estimate of drug-likeness (QED) is 0.732. The fourth-order valence-corrected chi connectivity index (χ4v) is 3.21. The number of aldehydes is 1. The molecule has 0 radical (unpaired) electrons. The third-order valence-electron chi connectivity index (χ3n) is 3.89. The normalized spacial score (nSPS) is 18.5. The molecule has 2 heteroatoms. The van der Waals surface area contributed by atoms with E-state index in [4.69, 9.17) is 0 Å². The fraction of sp³-hybridized carbons (Fsp3) is 0.400. The summed E-state index contributed by atoms with van der Waals surface area (Å²) in [7, 11) is 0. The zero-order valence-electron chi connectivity index (χ0n) is 10.1. The highest BCUT2D eigenvalue weighted by atomic mass is 16.1. The molecule has 0 aliphatic carbocycles. The number of fused-ring (bicyclic) bond motifs is 3. The summed E-state index contributed by atoms with van der Waals surface area (Å²) in [5.74, 6) is 0.576. The molecule has 2 heterocycles. The van der Waals surface area contributed by atoms with E-state index in [-0.39, 0.29) is 0 Å². The third-order valence-corrected chi connectivity index (χ3v) is 3.89. The van der Waals surface area contributed by atoms with Crippen LogP contribution in [0.4, 0.5) is 0 Å². The van der Waals surface area contributed by atoms with Crippen molar-refractivity contribution in [2.45, 2.75) is 38.6 Å². The van der Waals surface area contributed by atoms with Crippen molar-refractivity contribution in [3.8, 4) is 0 Å². The van der Waals surface area contributed by atoms with Gasteiger partial charge in [0.25, 0.3) is 0 Å². The molecule has 1 aliphatic rings. The first kappa shape index (κ1) is 10.6. The molecule has 0 N–H and O–H groups in total. The molecule has 0 saturated carbocycles. The summed E-state index contributed by atoms with van der Waals surface area (Å²) in [4.78, 5) is 11.4. The lowest BCUT2D eigenvalue weighted by molar-refractivity contribution is 0.112. The van der Waals surface area contributed by atoms with Gasteiger partial charge in [0.1, 0.15) is 0 Å². The Morgan fingerprint density at radius 1 is 1.41 bits per heavy atom. The van der Waals surface area contributed by atoms with Gasteiger partial charge in [-0.1, -0.05) is 31.5 Å². The summed E-state index contributed by atoms with van der Waals surface area (Å²) in [6.07, 6.45) is 4.61. The molecule has 0 amide bonds. The van der Waals surface area contributed by atoms with E-state index in [0.29, 0.717) is 5.92 Å². The topological polar surface area (TPSA) is 22.0 Å². The first-order valence-corrected chi connectivity index (χ1v) is 6.43. The van der Waals surface area contributed by atoms with Crippen LogP contribution in [0.15, 0.2) is 24.3 Å². The van der Waals surface area contributed by atoms with Crippen LogP contribution in [0.2, 0.25) is 0 Å². The maximum Gasteiger partial charge on any atom is 0.152 e. The molecule has 0 saturated heterocycles. The second kappa shape index (κ2) is 4.02. The Morgan fingerprint density at radius 3 is 3.00 bits per heavy atom. The van der Waals surface area contributed by atoms with Crippen LogP contribution in [0.1, 0.15) is 48.2 Å². The smallest absolute Gasteiger partial charge is 0.152 e. The van der Waals surface area contributed by atoms with Gasteiger partial charge in [0, 0.05) is 34.6 Å². The van der Waals surface area contributed by atoms with E-state index in [1.807, 2.05) is 6.07 Å². The van der Waals surface area contributed by atoms with E-state index in [0.717, 1.165) is 23.8 Å². The van der Waals surface area contributed by atoms with Crippen molar-refractivity contribution in [1.29, 1.82) is 0 Å². The number of nitrogens with zero attached hydrogens (tertiary/aromatic N) is 1. The van der Waals surface area contributed by atoms with Crippen molar-refractivity contribution in [1.82, 2.24) is 4.57 Å². The maximum absolute atomic E-state index is 11.4. The second-order valence-corrected chi connectivity index (χ2v) is 4.86. The monoisotopic (exact) mass is 227 g/mol. The van der Waals surface area contributed by atoms with Crippen LogP contribution < -0.4 is 0 Å². The zero-order valence-corrected chi connectivity index (χ0v) is 10.1. The van der Waals surface area contributed by atoms with E-state index < -0.39 is 0 Å². The van der Waals surface area contributed by atoms with Gasteiger partial charge >= 0.3 is 0 Å². The van der Waals surface area contributed by atoms with Crippen molar-refractivity contribution < 1.29 is 4.79 Å². The predicted molar refractivity (Wildman–Crippen MR) is 69.6 cm³/mol. The van der Waals surface area contributed by atoms with E-state index in [9.17, 15) is 4.79 Å². The van der Waals surface area contributed by atoms with Crippen LogP contribution in [0.3, 0.4) is 0 Å². The van der Waals surface area contributed by atoms with Crippen LogP contribution >= 0.6 is 0 Å². The number of carbonyl (C=O) groups is 1. The van der Waals surface area contributed by atoms with E-state index >= 15 is 0 Å². The molecular weight excluding hydrogens is 210 g/mol. The molecule has 1 aromatic heterocycles. The number of aryl methyl sites for hydroxylation is 1. The average Bonchev–Trinajstić information content (AvgIpc) is 2.88. The molecular formula is C15H17NO. The standard InChI is InChI=1S/C15H17NO/c1-2-5-11-8-9-16-14-7-4-3-6-12(14)13(10-17)15(11)16/h3-4,6-7,10-11H,2,5,8-9H2,1H3. The average molecular weight is 227 g/mol. The number of hydrogen-bond acceptors (Lipinski definition) is 1. The fourth-order valence-electron chi connectivity index (χ4n) is 3.21. The number of benzene rings is 1. The summed E-state index contributed by atoms with van der Waals surface area (Å²) in [5.41, 5.74) is 3.43. The van der Waals surface area contributed by atoms with Crippen LogP contribution in [0.5, 0.6) is 0 Å². The van der Waals surface area contributed by atoms with Crippen LogP contribution in [-0.2, 0) is 6.54 Å². The highest BCUT2D eigenvalue weighted by Gasteiger charge is 2.28. The zero-order chi connectivity index (χ0) is 11.8. The molecule has 88 valence electrons. The van der Waals surface area contributed by atoms with Crippen molar-refractivity contribution in [3.63, 3.8) is 0 Å². The lowest BCUT2D eigenvalue weighted by Gasteiger charge is -2.08. The molecule has 1 aromatic carbocycles. The van der Waals surface area contributed by atoms with Gasteiger partial charge in [0.05, 0.1) is 0 Å². The Bertz CT molecular complexity index is 568. The van der Waals surface area contributed by atoms with Crippen molar-refractivity contribution in [2.24, 2.45) is 0 Å². The molecule has 17 heavy (non-hydrogen) atoms. The Morgan fingerprint density at radius 2 is 2.24 bits per heavy atom. The number of para-hydroxylation sites is 1. The first-order valence-electron chi connectivity index (χ1n) is 6.43. The van der Waals surface area contributed by atoms with Gasteiger partial charge in [0.15, 0.2) is 6.29 Å². The summed E-state index contributed by atoms with van der Waals surface area (Å²) < 4.78 is 2.35.